The van der Waals surface area contributed by atoms with Gasteiger partial charge in [0.2, 0.25) is 0 Å². The number of hydrogen-bond donors (Lipinski definition) is 1. The van der Waals surface area contributed by atoms with E-state index in [1.54, 1.807) is 7.11 Å². The van der Waals surface area contributed by atoms with Gasteiger partial charge < -0.3 is 24.6 Å². The lowest BCUT2D eigenvalue weighted by molar-refractivity contribution is 0.0702. The number of guanidine groups is 1. The number of methoxy groups -OCH3 is 1. The predicted molar refractivity (Wildman–Crippen MR) is 113 cm³/mol. The number of aliphatic imine (C=N–C) groups is 1. The molecule has 27 heavy (non-hydrogen) atoms. The van der Waals surface area contributed by atoms with Crippen LogP contribution in [-0.2, 0) is 9.47 Å². The van der Waals surface area contributed by atoms with Crippen LogP contribution < -0.4 is 10.2 Å². The highest BCUT2D eigenvalue weighted by atomic mass is 16.5. The van der Waals surface area contributed by atoms with Crippen LogP contribution in [0.3, 0.4) is 0 Å². The molecule has 1 saturated heterocycles. The molecule has 1 aliphatic heterocycles. The predicted octanol–water partition coefficient (Wildman–Crippen LogP) is 2.44. The third-order valence-electron chi connectivity index (χ3n) is 4.97. The maximum Gasteiger partial charge on any atom is 0.194 e. The maximum absolute atomic E-state index is 5.51. The van der Waals surface area contributed by atoms with Gasteiger partial charge in [0.1, 0.15) is 0 Å². The van der Waals surface area contributed by atoms with Crippen molar-refractivity contribution in [2.45, 2.75) is 27.2 Å². The van der Waals surface area contributed by atoms with Gasteiger partial charge in [-0.2, -0.15) is 0 Å². The number of benzene rings is 1. The topological polar surface area (TPSA) is 49.3 Å². The van der Waals surface area contributed by atoms with Crippen molar-refractivity contribution in [2.24, 2.45) is 4.99 Å². The molecule has 1 heterocycles. The van der Waals surface area contributed by atoms with E-state index in [1.807, 2.05) is 0 Å². The standard InChI is InChI=1S/C21H36N4O2/c1-5-22-21(23-10-7-15-27-17-16-26-4)25-13-11-24(12-14-25)20-9-6-8-18(2)19(20)3/h6,8-9H,5,7,10-17H2,1-4H3,(H,22,23). The Balaban J connectivity index is 1.83. The number of anilines is 1. The lowest BCUT2D eigenvalue weighted by Gasteiger charge is -2.38. The largest absolute Gasteiger partial charge is 0.382 e. The molecule has 0 spiro atoms. The zero-order chi connectivity index (χ0) is 19.5. The number of aryl methyl sites for hydroxylation is 1. The molecule has 0 unspecified atom stereocenters. The van der Waals surface area contributed by atoms with Crippen LogP contribution in [0.2, 0.25) is 0 Å². The fourth-order valence-corrected chi connectivity index (χ4v) is 3.26. The Labute approximate surface area is 164 Å². The van der Waals surface area contributed by atoms with Gasteiger partial charge in [0.25, 0.3) is 0 Å². The Morgan fingerprint density at radius 1 is 1.11 bits per heavy atom. The van der Waals surface area contributed by atoms with Gasteiger partial charge in [-0.05, 0) is 44.4 Å². The van der Waals surface area contributed by atoms with Crippen LogP contribution in [0.25, 0.3) is 0 Å². The summed E-state index contributed by atoms with van der Waals surface area (Å²) in [5.41, 5.74) is 4.11. The van der Waals surface area contributed by atoms with E-state index in [2.05, 4.69) is 54.1 Å². The summed E-state index contributed by atoms with van der Waals surface area (Å²) < 4.78 is 10.5. The maximum atomic E-state index is 5.51. The molecule has 0 radical (unpaired) electrons. The highest BCUT2D eigenvalue weighted by molar-refractivity contribution is 5.80. The first-order valence-electron chi connectivity index (χ1n) is 10.1. The van der Waals surface area contributed by atoms with Crippen molar-refractivity contribution in [1.82, 2.24) is 10.2 Å². The van der Waals surface area contributed by atoms with Gasteiger partial charge in [-0.25, -0.2) is 0 Å². The molecular formula is C21H36N4O2. The summed E-state index contributed by atoms with van der Waals surface area (Å²) in [4.78, 5) is 9.65. The molecule has 0 atom stereocenters. The summed E-state index contributed by atoms with van der Waals surface area (Å²) in [6, 6.07) is 6.58. The summed E-state index contributed by atoms with van der Waals surface area (Å²) in [6.07, 6.45) is 0.932. The fourth-order valence-electron chi connectivity index (χ4n) is 3.26. The Kier molecular flexibility index (Phi) is 9.42. The Morgan fingerprint density at radius 2 is 1.89 bits per heavy atom. The van der Waals surface area contributed by atoms with E-state index in [1.165, 1.54) is 16.8 Å². The van der Waals surface area contributed by atoms with Crippen molar-refractivity contribution in [3.8, 4) is 0 Å². The van der Waals surface area contributed by atoms with Gasteiger partial charge >= 0.3 is 0 Å². The van der Waals surface area contributed by atoms with Crippen molar-refractivity contribution in [1.29, 1.82) is 0 Å². The normalized spacial score (nSPS) is 15.3. The number of piperazine rings is 1. The van der Waals surface area contributed by atoms with Crippen molar-refractivity contribution in [3.63, 3.8) is 0 Å². The van der Waals surface area contributed by atoms with Crippen LogP contribution in [0.4, 0.5) is 5.69 Å². The number of ether oxygens (including phenoxy) is 2. The van der Waals surface area contributed by atoms with Crippen LogP contribution >= 0.6 is 0 Å². The van der Waals surface area contributed by atoms with E-state index in [4.69, 9.17) is 14.5 Å². The average molecular weight is 377 g/mol. The second kappa shape index (κ2) is 11.8. The van der Waals surface area contributed by atoms with E-state index in [-0.39, 0.29) is 0 Å². The molecule has 2 rings (SSSR count). The van der Waals surface area contributed by atoms with Crippen molar-refractivity contribution in [3.05, 3.63) is 29.3 Å². The van der Waals surface area contributed by atoms with E-state index in [9.17, 15) is 0 Å². The Hall–Kier alpha value is -1.79. The smallest absolute Gasteiger partial charge is 0.194 e. The van der Waals surface area contributed by atoms with Crippen LogP contribution in [0.5, 0.6) is 0 Å². The van der Waals surface area contributed by atoms with E-state index in [0.29, 0.717) is 13.2 Å². The molecule has 1 N–H and O–H groups in total. The number of nitrogens with one attached hydrogen (secondary N) is 1. The molecule has 0 bridgehead atoms. The molecule has 0 aromatic heterocycles. The molecule has 6 nitrogen and oxygen atoms in total. The monoisotopic (exact) mass is 376 g/mol. The van der Waals surface area contributed by atoms with Crippen LogP contribution in [0, 0.1) is 13.8 Å². The van der Waals surface area contributed by atoms with Crippen LogP contribution in [0.15, 0.2) is 23.2 Å². The minimum absolute atomic E-state index is 0.649. The Bertz CT molecular complexity index is 584. The van der Waals surface area contributed by atoms with Gasteiger partial charge in [0.15, 0.2) is 5.96 Å². The number of hydrogen-bond acceptors (Lipinski definition) is 4. The summed E-state index contributed by atoms with van der Waals surface area (Å²) in [5, 5.41) is 3.44. The summed E-state index contributed by atoms with van der Waals surface area (Å²) in [5.74, 6) is 1.02. The molecule has 1 aromatic carbocycles. The van der Waals surface area contributed by atoms with Gasteiger partial charge in [-0.1, -0.05) is 12.1 Å². The van der Waals surface area contributed by atoms with Gasteiger partial charge in [-0.3, -0.25) is 4.99 Å². The highest BCUT2D eigenvalue weighted by Crippen LogP contribution is 2.23. The van der Waals surface area contributed by atoms with Crippen molar-refractivity contribution >= 4 is 11.6 Å². The second-order valence-corrected chi connectivity index (χ2v) is 6.89. The van der Waals surface area contributed by atoms with E-state index < -0.39 is 0 Å². The zero-order valence-corrected chi connectivity index (χ0v) is 17.5. The SMILES string of the molecule is CCNC(=NCCCOCCOC)N1CCN(c2cccc(C)c2C)CC1. The zero-order valence-electron chi connectivity index (χ0n) is 17.5. The third-order valence-corrected chi connectivity index (χ3v) is 4.97. The van der Waals surface area contributed by atoms with Gasteiger partial charge in [0, 0.05) is 58.7 Å². The van der Waals surface area contributed by atoms with E-state index >= 15 is 0 Å². The average Bonchev–Trinajstić information content (AvgIpc) is 2.69. The van der Waals surface area contributed by atoms with Crippen molar-refractivity contribution in [2.75, 3.05) is 71.1 Å². The molecule has 1 aliphatic rings. The minimum Gasteiger partial charge on any atom is -0.382 e. The first kappa shape index (κ1) is 21.5. The quantitative estimate of drug-likeness (QED) is 0.408. The van der Waals surface area contributed by atoms with E-state index in [0.717, 1.165) is 58.3 Å². The first-order valence-corrected chi connectivity index (χ1v) is 10.1. The summed E-state index contributed by atoms with van der Waals surface area (Å²) in [7, 11) is 1.69. The lowest BCUT2D eigenvalue weighted by Crippen LogP contribution is -2.52. The third kappa shape index (κ3) is 6.70. The van der Waals surface area contributed by atoms with Crippen molar-refractivity contribution < 1.29 is 9.47 Å². The lowest BCUT2D eigenvalue weighted by atomic mass is 10.1. The molecule has 6 heteroatoms. The van der Waals surface area contributed by atoms with Gasteiger partial charge in [0.05, 0.1) is 13.2 Å². The number of rotatable bonds is 9. The molecule has 0 saturated carbocycles. The second-order valence-electron chi connectivity index (χ2n) is 6.89. The molecule has 1 aromatic rings. The fraction of sp³-hybridized carbons (Fsp3) is 0.667. The molecule has 1 fully saturated rings. The highest BCUT2D eigenvalue weighted by Gasteiger charge is 2.20. The van der Waals surface area contributed by atoms with Crippen LogP contribution in [-0.4, -0.2) is 77.1 Å². The molecule has 0 aliphatic carbocycles. The Morgan fingerprint density at radius 3 is 2.59 bits per heavy atom. The number of nitrogens with zero attached hydrogens (tertiary/aromatic N) is 3. The summed E-state index contributed by atoms with van der Waals surface area (Å²) in [6.45, 7) is 14.3. The minimum atomic E-state index is 0.649. The molecule has 0 amide bonds. The molecular weight excluding hydrogens is 340 g/mol. The van der Waals surface area contributed by atoms with Gasteiger partial charge in [-0.15, -0.1) is 0 Å². The summed E-state index contributed by atoms with van der Waals surface area (Å²) >= 11 is 0. The first-order chi connectivity index (χ1) is 13.2. The van der Waals surface area contributed by atoms with Crippen LogP contribution in [0.1, 0.15) is 24.5 Å². The molecule has 152 valence electrons.